The van der Waals surface area contributed by atoms with Crippen molar-refractivity contribution in [2.75, 3.05) is 19.7 Å². The first-order chi connectivity index (χ1) is 8.18. The second-order valence-electron chi connectivity index (χ2n) is 5.55. The van der Waals surface area contributed by atoms with Crippen LogP contribution in [0.2, 0.25) is 0 Å². The van der Waals surface area contributed by atoms with Crippen LogP contribution in [0.3, 0.4) is 0 Å². The van der Waals surface area contributed by atoms with Gasteiger partial charge in [0.15, 0.2) is 0 Å². The first-order valence-corrected chi connectivity index (χ1v) is 6.98. The summed E-state index contributed by atoms with van der Waals surface area (Å²) in [5.74, 6) is 0. The molecule has 1 aliphatic heterocycles. The summed E-state index contributed by atoms with van der Waals surface area (Å²) in [5, 5.41) is 0. The van der Waals surface area contributed by atoms with Crippen LogP contribution < -0.4 is 5.73 Å². The molecule has 0 aromatic heterocycles. The highest BCUT2D eigenvalue weighted by molar-refractivity contribution is 5.15. The van der Waals surface area contributed by atoms with Gasteiger partial charge in [0.05, 0.1) is 18.8 Å². The second kappa shape index (κ2) is 5.98. The van der Waals surface area contributed by atoms with Crippen molar-refractivity contribution in [1.29, 1.82) is 0 Å². The van der Waals surface area contributed by atoms with Gasteiger partial charge >= 0.3 is 0 Å². The maximum Gasteiger partial charge on any atom is 0.0891 e. The van der Waals surface area contributed by atoms with Crippen LogP contribution in [0, 0.1) is 0 Å². The van der Waals surface area contributed by atoms with Crippen molar-refractivity contribution in [3.63, 3.8) is 0 Å². The highest BCUT2D eigenvalue weighted by Gasteiger charge is 2.29. The molecular formula is C14H26N2O. The molecule has 3 heteroatoms. The van der Waals surface area contributed by atoms with E-state index in [2.05, 4.69) is 24.8 Å². The Kier molecular flexibility index (Phi) is 4.60. The summed E-state index contributed by atoms with van der Waals surface area (Å²) in [7, 11) is 0. The van der Waals surface area contributed by atoms with Crippen molar-refractivity contribution in [3.8, 4) is 0 Å². The first kappa shape index (κ1) is 13.1. The molecule has 1 fully saturated rings. The van der Waals surface area contributed by atoms with E-state index in [4.69, 9.17) is 10.5 Å². The zero-order valence-electron chi connectivity index (χ0n) is 11.2. The molecule has 1 saturated heterocycles. The van der Waals surface area contributed by atoms with Crippen LogP contribution in [0.25, 0.3) is 0 Å². The molecule has 2 unspecified atom stereocenters. The molecule has 2 aliphatic rings. The van der Waals surface area contributed by atoms with E-state index < -0.39 is 0 Å². The molecule has 2 N–H and O–H groups in total. The molecule has 0 aromatic carbocycles. The number of nitrogens with zero attached hydrogens (tertiary/aromatic N) is 1. The summed E-state index contributed by atoms with van der Waals surface area (Å²) in [6.45, 7) is 7.33. The van der Waals surface area contributed by atoms with Crippen LogP contribution in [0.1, 0.15) is 39.5 Å². The highest BCUT2D eigenvalue weighted by Crippen LogP contribution is 2.23. The van der Waals surface area contributed by atoms with Crippen LogP contribution in [-0.2, 0) is 4.74 Å². The largest absolute Gasteiger partial charge is 0.374 e. The van der Waals surface area contributed by atoms with E-state index in [9.17, 15) is 0 Å². The van der Waals surface area contributed by atoms with Gasteiger partial charge in [0.1, 0.15) is 0 Å². The van der Waals surface area contributed by atoms with Gasteiger partial charge < -0.3 is 10.5 Å². The third-order valence-corrected chi connectivity index (χ3v) is 4.01. The van der Waals surface area contributed by atoms with Crippen molar-refractivity contribution < 1.29 is 4.74 Å². The monoisotopic (exact) mass is 238 g/mol. The molecule has 0 saturated carbocycles. The molecule has 1 aliphatic carbocycles. The second-order valence-corrected chi connectivity index (χ2v) is 5.55. The first-order valence-electron chi connectivity index (χ1n) is 6.98. The minimum atomic E-state index is 0.108. The van der Waals surface area contributed by atoms with Crippen LogP contribution >= 0.6 is 0 Å². The number of allylic oxidation sites excluding steroid dienone is 1. The number of hydrogen-bond acceptors (Lipinski definition) is 3. The van der Waals surface area contributed by atoms with Crippen molar-refractivity contribution >= 4 is 0 Å². The SMILES string of the molecule is CC(C)N1CCOC(C(N)C2=CCCCC2)C1. The lowest BCUT2D eigenvalue weighted by Gasteiger charge is -2.38. The molecule has 0 spiro atoms. The lowest BCUT2D eigenvalue weighted by molar-refractivity contribution is -0.0452. The Morgan fingerprint density at radius 1 is 1.41 bits per heavy atom. The van der Waals surface area contributed by atoms with Gasteiger partial charge in [0.25, 0.3) is 0 Å². The molecule has 1 heterocycles. The van der Waals surface area contributed by atoms with E-state index in [1.165, 1.54) is 31.3 Å². The van der Waals surface area contributed by atoms with Gasteiger partial charge in [0.2, 0.25) is 0 Å². The molecule has 17 heavy (non-hydrogen) atoms. The molecular weight excluding hydrogens is 212 g/mol. The fraction of sp³-hybridized carbons (Fsp3) is 0.857. The average molecular weight is 238 g/mol. The lowest BCUT2D eigenvalue weighted by Crippen LogP contribution is -2.53. The quantitative estimate of drug-likeness (QED) is 0.764. The number of rotatable bonds is 3. The van der Waals surface area contributed by atoms with Crippen LogP contribution in [0.15, 0.2) is 11.6 Å². The van der Waals surface area contributed by atoms with Crippen molar-refractivity contribution in [2.45, 2.75) is 57.7 Å². The normalized spacial score (nSPS) is 29.2. The summed E-state index contributed by atoms with van der Waals surface area (Å²) in [4.78, 5) is 2.47. The maximum absolute atomic E-state index is 6.37. The Morgan fingerprint density at radius 3 is 2.88 bits per heavy atom. The molecule has 0 amide bonds. The minimum Gasteiger partial charge on any atom is -0.374 e. The van der Waals surface area contributed by atoms with E-state index in [-0.39, 0.29) is 12.1 Å². The number of nitrogens with two attached hydrogens (primary N) is 1. The molecule has 98 valence electrons. The molecule has 0 aromatic rings. The maximum atomic E-state index is 6.37. The van der Waals surface area contributed by atoms with Crippen LogP contribution in [0.5, 0.6) is 0 Å². The van der Waals surface area contributed by atoms with Gasteiger partial charge in [-0.1, -0.05) is 11.6 Å². The predicted molar refractivity (Wildman–Crippen MR) is 71.0 cm³/mol. The Hall–Kier alpha value is -0.380. The third-order valence-electron chi connectivity index (χ3n) is 4.01. The van der Waals surface area contributed by atoms with E-state index in [0.29, 0.717) is 6.04 Å². The Labute approximate surface area is 105 Å². The molecule has 2 atom stereocenters. The molecule has 0 radical (unpaired) electrons. The molecule has 3 nitrogen and oxygen atoms in total. The number of hydrogen-bond donors (Lipinski definition) is 1. The van der Waals surface area contributed by atoms with Crippen molar-refractivity contribution in [3.05, 3.63) is 11.6 Å². The van der Waals surface area contributed by atoms with Crippen molar-refractivity contribution in [1.82, 2.24) is 4.90 Å². The topological polar surface area (TPSA) is 38.5 Å². The predicted octanol–water partition coefficient (Wildman–Crippen LogP) is 1.92. The van der Waals surface area contributed by atoms with Crippen LogP contribution in [-0.4, -0.2) is 42.8 Å². The summed E-state index contributed by atoms with van der Waals surface area (Å²) in [5.41, 5.74) is 7.79. The van der Waals surface area contributed by atoms with Gasteiger partial charge in [-0.05, 0) is 39.5 Å². The fourth-order valence-electron chi connectivity index (χ4n) is 2.79. The standard InChI is InChI=1S/C14H26N2O/c1-11(2)16-8-9-17-13(10-16)14(15)12-6-4-3-5-7-12/h6,11,13-14H,3-5,7-10,15H2,1-2H3. The summed E-state index contributed by atoms with van der Waals surface area (Å²) < 4.78 is 5.87. The van der Waals surface area contributed by atoms with Gasteiger partial charge in [-0.2, -0.15) is 0 Å². The van der Waals surface area contributed by atoms with Gasteiger partial charge in [0, 0.05) is 19.1 Å². The van der Waals surface area contributed by atoms with E-state index >= 15 is 0 Å². The van der Waals surface area contributed by atoms with Gasteiger partial charge in [-0.25, -0.2) is 0 Å². The van der Waals surface area contributed by atoms with E-state index in [0.717, 1.165) is 19.7 Å². The van der Waals surface area contributed by atoms with E-state index in [1.807, 2.05) is 0 Å². The number of ether oxygens (including phenoxy) is 1. The fourth-order valence-corrected chi connectivity index (χ4v) is 2.79. The summed E-state index contributed by atoms with van der Waals surface area (Å²) in [6, 6.07) is 0.700. The lowest BCUT2D eigenvalue weighted by atomic mass is 9.91. The Balaban J connectivity index is 1.94. The highest BCUT2D eigenvalue weighted by atomic mass is 16.5. The Bertz CT molecular complexity index is 275. The number of morpholine rings is 1. The van der Waals surface area contributed by atoms with Gasteiger partial charge in [-0.15, -0.1) is 0 Å². The summed E-state index contributed by atoms with van der Waals surface area (Å²) in [6.07, 6.45) is 7.51. The molecule has 2 rings (SSSR count). The summed E-state index contributed by atoms with van der Waals surface area (Å²) >= 11 is 0. The zero-order valence-corrected chi connectivity index (χ0v) is 11.2. The smallest absolute Gasteiger partial charge is 0.0891 e. The van der Waals surface area contributed by atoms with Crippen molar-refractivity contribution in [2.24, 2.45) is 5.73 Å². The Morgan fingerprint density at radius 2 is 2.24 bits per heavy atom. The zero-order chi connectivity index (χ0) is 12.3. The van der Waals surface area contributed by atoms with Gasteiger partial charge in [-0.3, -0.25) is 4.90 Å². The third kappa shape index (κ3) is 3.30. The molecule has 0 bridgehead atoms. The van der Waals surface area contributed by atoms with Crippen LogP contribution in [0.4, 0.5) is 0 Å². The van der Waals surface area contributed by atoms with E-state index in [1.54, 1.807) is 0 Å². The minimum absolute atomic E-state index is 0.108. The average Bonchev–Trinajstić information content (AvgIpc) is 2.39.